The van der Waals surface area contributed by atoms with Crippen molar-refractivity contribution in [3.63, 3.8) is 0 Å². The smallest absolute Gasteiger partial charge is 0.315 e. The van der Waals surface area contributed by atoms with Gasteiger partial charge in [-0.25, -0.2) is 0 Å². The number of ether oxygens (including phenoxy) is 1. The summed E-state index contributed by atoms with van der Waals surface area (Å²) in [6.07, 6.45) is 0.743. The van der Waals surface area contributed by atoms with Crippen molar-refractivity contribution < 1.29 is 19.4 Å². The number of carbonyl (C=O) groups excluding carboxylic acids is 2. The van der Waals surface area contributed by atoms with Gasteiger partial charge in [-0.15, -0.1) is 0 Å². The Labute approximate surface area is 182 Å². The molecule has 1 N–H and O–H groups in total. The number of rotatable bonds is 4. The summed E-state index contributed by atoms with van der Waals surface area (Å²) in [5.41, 5.74) is 3.79. The van der Waals surface area contributed by atoms with Crippen molar-refractivity contribution in [3.05, 3.63) is 77.0 Å². The van der Waals surface area contributed by atoms with Crippen molar-refractivity contribution in [2.45, 2.75) is 51.6 Å². The molecule has 160 valence electrons. The van der Waals surface area contributed by atoms with Crippen LogP contribution in [0, 0.1) is 5.92 Å². The Kier molecular flexibility index (Phi) is 5.77. The summed E-state index contributed by atoms with van der Waals surface area (Å²) in [6.45, 7) is 5.43. The third kappa shape index (κ3) is 4.18. The van der Waals surface area contributed by atoms with Crippen molar-refractivity contribution >= 4 is 17.5 Å². The number of hydrogen-bond acceptors (Lipinski definition) is 5. The lowest BCUT2D eigenvalue weighted by Crippen LogP contribution is -2.38. The van der Waals surface area contributed by atoms with E-state index in [-0.39, 0.29) is 23.6 Å². The topological polar surface area (TPSA) is 76.0 Å². The molecule has 0 bridgehead atoms. The SMILES string of the molecule is CC1=NC2=C(C(=O)C[C@@H](c3ccccc3)C2)[C@H](c2cccc(O)c2)C1C(=O)OC(C)C. The van der Waals surface area contributed by atoms with E-state index in [2.05, 4.69) is 0 Å². The van der Waals surface area contributed by atoms with E-state index in [9.17, 15) is 14.7 Å². The zero-order valence-electron chi connectivity index (χ0n) is 18.0. The fourth-order valence-corrected chi connectivity index (χ4v) is 4.71. The molecule has 5 heteroatoms. The highest BCUT2D eigenvalue weighted by atomic mass is 16.5. The summed E-state index contributed by atoms with van der Waals surface area (Å²) < 4.78 is 5.53. The Morgan fingerprint density at radius 3 is 2.45 bits per heavy atom. The third-order valence-electron chi connectivity index (χ3n) is 5.99. The molecule has 1 heterocycles. The van der Waals surface area contributed by atoms with Crippen LogP contribution in [0.2, 0.25) is 0 Å². The van der Waals surface area contributed by atoms with Crippen LogP contribution in [-0.4, -0.2) is 28.7 Å². The fraction of sp³-hybridized carbons (Fsp3) is 0.346. The van der Waals surface area contributed by atoms with Gasteiger partial charge in [0.25, 0.3) is 0 Å². The summed E-state index contributed by atoms with van der Waals surface area (Å²) in [4.78, 5) is 31.2. The number of aromatic hydroxyl groups is 1. The van der Waals surface area contributed by atoms with Crippen LogP contribution in [0.5, 0.6) is 5.75 Å². The van der Waals surface area contributed by atoms with Crippen LogP contribution in [0.15, 0.2) is 70.9 Å². The fourth-order valence-electron chi connectivity index (χ4n) is 4.71. The van der Waals surface area contributed by atoms with Gasteiger partial charge in [-0.05, 0) is 56.4 Å². The second-order valence-corrected chi connectivity index (χ2v) is 8.59. The van der Waals surface area contributed by atoms with Crippen molar-refractivity contribution in [1.82, 2.24) is 0 Å². The van der Waals surface area contributed by atoms with Crippen molar-refractivity contribution in [2.75, 3.05) is 0 Å². The second kappa shape index (κ2) is 8.50. The molecule has 0 saturated heterocycles. The molecular formula is C26H27NO4. The Balaban J connectivity index is 1.80. The van der Waals surface area contributed by atoms with Gasteiger partial charge in [0.1, 0.15) is 11.7 Å². The maximum Gasteiger partial charge on any atom is 0.315 e. The van der Waals surface area contributed by atoms with Crippen molar-refractivity contribution in [1.29, 1.82) is 0 Å². The number of phenols is 1. The normalized spacial score (nSPS) is 23.4. The van der Waals surface area contributed by atoms with E-state index >= 15 is 0 Å². The quantitative estimate of drug-likeness (QED) is 0.717. The number of allylic oxidation sites excluding steroid dienone is 2. The van der Waals surface area contributed by atoms with Crippen LogP contribution < -0.4 is 0 Å². The average Bonchev–Trinajstić information content (AvgIpc) is 2.72. The molecule has 2 aromatic carbocycles. The van der Waals surface area contributed by atoms with Crippen LogP contribution >= 0.6 is 0 Å². The van der Waals surface area contributed by atoms with Crippen molar-refractivity contribution in [2.24, 2.45) is 10.9 Å². The molecule has 2 aromatic rings. The monoisotopic (exact) mass is 417 g/mol. The van der Waals surface area contributed by atoms with E-state index in [0.717, 1.165) is 16.8 Å². The first-order valence-corrected chi connectivity index (χ1v) is 10.7. The number of esters is 1. The van der Waals surface area contributed by atoms with Crippen LogP contribution in [0.4, 0.5) is 0 Å². The standard InChI is InChI=1S/C26H27NO4/c1-15(2)31-26(30)23-16(3)27-21-13-19(17-8-5-4-6-9-17)14-22(29)25(21)24(23)18-10-7-11-20(28)12-18/h4-12,15,19,23-24,28H,13-14H2,1-3H3/t19-,23?,24+/m0/s1. The van der Waals surface area contributed by atoms with E-state index in [1.807, 2.05) is 43.3 Å². The first-order valence-electron chi connectivity index (χ1n) is 10.7. The largest absolute Gasteiger partial charge is 0.508 e. The van der Waals surface area contributed by atoms with Crippen LogP contribution in [-0.2, 0) is 14.3 Å². The second-order valence-electron chi connectivity index (χ2n) is 8.59. The number of nitrogens with zero attached hydrogens (tertiary/aromatic N) is 1. The average molecular weight is 418 g/mol. The van der Waals surface area contributed by atoms with E-state index < -0.39 is 17.8 Å². The Bertz CT molecular complexity index is 1070. The van der Waals surface area contributed by atoms with Gasteiger partial charge in [-0.1, -0.05) is 42.5 Å². The zero-order chi connectivity index (χ0) is 22.1. The molecule has 31 heavy (non-hydrogen) atoms. The molecule has 1 aliphatic heterocycles. The highest BCUT2D eigenvalue weighted by Gasteiger charge is 2.45. The predicted molar refractivity (Wildman–Crippen MR) is 119 cm³/mol. The first kappa shape index (κ1) is 21.0. The number of aliphatic imine (C=N–C) groups is 1. The van der Waals surface area contributed by atoms with E-state index in [1.165, 1.54) is 0 Å². The molecule has 0 aromatic heterocycles. The van der Waals surface area contributed by atoms with E-state index in [4.69, 9.17) is 9.73 Å². The highest BCUT2D eigenvalue weighted by Crippen LogP contribution is 2.47. The lowest BCUT2D eigenvalue weighted by molar-refractivity contribution is -0.150. The zero-order valence-corrected chi connectivity index (χ0v) is 18.0. The summed E-state index contributed by atoms with van der Waals surface area (Å²) in [5, 5.41) is 10.1. The third-order valence-corrected chi connectivity index (χ3v) is 5.99. The van der Waals surface area contributed by atoms with Gasteiger partial charge >= 0.3 is 5.97 Å². The molecule has 1 aliphatic carbocycles. The maximum atomic E-state index is 13.4. The van der Waals surface area contributed by atoms with Crippen LogP contribution in [0.25, 0.3) is 0 Å². The van der Waals surface area contributed by atoms with Gasteiger partial charge in [0.2, 0.25) is 0 Å². The maximum absolute atomic E-state index is 13.4. The molecule has 2 aliphatic rings. The summed E-state index contributed by atoms with van der Waals surface area (Å²) in [7, 11) is 0. The summed E-state index contributed by atoms with van der Waals surface area (Å²) >= 11 is 0. The van der Waals surface area contributed by atoms with E-state index in [1.54, 1.807) is 32.0 Å². The lowest BCUT2D eigenvalue weighted by atomic mass is 9.69. The number of carbonyl (C=O) groups is 2. The molecule has 5 nitrogen and oxygen atoms in total. The Morgan fingerprint density at radius 2 is 1.77 bits per heavy atom. The number of Topliss-reactive ketones (excluding diaryl/α,β-unsaturated/α-hetero) is 1. The van der Waals surface area contributed by atoms with Gasteiger partial charge in [-0.2, -0.15) is 0 Å². The van der Waals surface area contributed by atoms with Crippen LogP contribution in [0.1, 0.15) is 56.6 Å². The number of phenolic OH excluding ortho intramolecular Hbond substituents is 1. The lowest BCUT2D eigenvalue weighted by Gasteiger charge is -2.36. The molecule has 0 fully saturated rings. The van der Waals surface area contributed by atoms with Gasteiger partial charge in [0.15, 0.2) is 5.78 Å². The first-order chi connectivity index (χ1) is 14.8. The minimum Gasteiger partial charge on any atom is -0.508 e. The van der Waals surface area contributed by atoms with Gasteiger partial charge in [0, 0.05) is 29.3 Å². The Morgan fingerprint density at radius 1 is 1.06 bits per heavy atom. The molecule has 0 saturated carbocycles. The number of ketones is 1. The Hall–Kier alpha value is -3.21. The highest BCUT2D eigenvalue weighted by molar-refractivity contribution is 6.09. The summed E-state index contributed by atoms with van der Waals surface area (Å²) in [5.74, 6) is -1.44. The minimum atomic E-state index is -0.694. The van der Waals surface area contributed by atoms with Gasteiger partial charge in [-0.3, -0.25) is 14.6 Å². The molecule has 1 unspecified atom stereocenters. The molecular weight excluding hydrogens is 390 g/mol. The number of hydrogen-bond donors (Lipinski definition) is 1. The van der Waals surface area contributed by atoms with Crippen LogP contribution in [0.3, 0.4) is 0 Å². The molecule has 0 radical (unpaired) electrons. The molecule has 0 spiro atoms. The minimum absolute atomic E-state index is 0.00189. The predicted octanol–water partition coefficient (Wildman–Crippen LogP) is 4.92. The molecule has 0 amide bonds. The number of benzene rings is 2. The van der Waals surface area contributed by atoms with Gasteiger partial charge < -0.3 is 9.84 Å². The van der Waals surface area contributed by atoms with Crippen molar-refractivity contribution in [3.8, 4) is 5.75 Å². The van der Waals surface area contributed by atoms with Gasteiger partial charge in [0.05, 0.1) is 6.10 Å². The summed E-state index contributed by atoms with van der Waals surface area (Å²) in [6, 6.07) is 16.8. The van der Waals surface area contributed by atoms with E-state index in [0.29, 0.717) is 24.1 Å². The molecule has 4 rings (SSSR count). The molecule has 3 atom stereocenters.